The number of aromatic nitrogens is 2. The molecular formula is C14H18N4O3S. The Balaban J connectivity index is 1.96. The Kier molecular flexibility index (Phi) is 3.78. The van der Waals surface area contributed by atoms with Gasteiger partial charge in [-0.25, -0.2) is 17.7 Å². The fourth-order valence-electron chi connectivity index (χ4n) is 2.58. The van der Waals surface area contributed by atoms with E-state index in [4.69, 9.17) is 0 Å². The maximum Gasteiger partial charge on any atom is 0.268 e. The molecule has 0 aliphatic carbocycles. The number of carbonyl (C=O) groups excluding carboxylic acids is 1. The Bertz CT molecular complexity index is 807. The number of fused-ring (bicyclic) bond motifs is 1. The van der Waals surface area contributed by atoms with E-state index in [9.17, 15) is 13.2 Å². The van der Waals surface area contributed by atoms with Crippen molar-refractivity contribution < 1.29 is 13.2 Å². The van der Waals surface area contributed by atoms with E-state index in [0.29, 0.717) is 5.52 Å². The van der Waals surface area contributed by atoms with Crippen LogP contribution in [0.25, 0.3) is 5.52 Å². The summed E-state index contributed by atoms with van der Waals surface area (Å²) in [6.07, 6.45) is 5.50. The van der Waals surface area contributed by atoms with Gasteiger partial charge in [-0.2, -0.15) is 5.10 Å². The molecule has 1 aliphatic rings. The minimum Gasteiger partial charge on any atom is -0.371 e. The van der Waals surface area contributed by atoms with Crippen molar-refractivity contribution in [3.05, 3.63) is 30.1 Å². The molecule has 0 aromatic carbocycles. The number of nitrogens with zero attached hydrogens (tertiary/aromatic N) is 3. The zero-order valence-corrected chi connectivity index (χ0v) is 13.1. The van der Waals surface area contributed by atoms with Crippen molar-refractivity contribution in [1.82, 2.24) is 14.3 Å². The first-order chi connectivity index (χ1) is 10.5. The molecular weight excluding hydrogens is 304 g/mol. The van der Waals surface area contributed by atoms with Crippen LogP contribution in [0.15, 0.2) is 24.5 Å². The van der Waals surface area contributed by atoms with Crippen molar-refractivity contribution in [1.29, 1.82) is 0 Å². The molecule has 3 heterocycles. The second-order valence-corrected chi connectivity index (χ2v) is 7.31. The summed E-state index contributed by atoms with van der Waals surface area (Å²) in [7, 11) is -3.59. The number of sulfonamides is 1. The summed E-state index contributed by atoms with van der Waals surface area (Å²) in [6.45, 7) is 3.48. The van der Waals surface area contributed by atoms with Gasteiger partial charge in [0, 0.05) is 25.0 Å². The summed E-state index contributed by atoms with van der Waals surface area (Å²) in [5, 5.41) is 4.11. The van der Waals surface area contributed by atoms with Crippen LogP contribution in [0.1, 0.15) is 30.1 Å². The van der Waals surface area contributed by atoms with Crippen LogP contribution in [-0.2, 0) is 10.0 Å². The Hall–Kier alpha value is -2.09. The molecule has 0 bridgehead atoms. The predicted molar refractivity (Wildman–Crippen MR) is 83.6 cm³/mol. The van der Waals surface area contributed by atoms with Crippen molar-refractivity contribution in [2.45, 2.75) is 19.8 Å². The van der Waals surface area contributed by atoms with Crippen LogP contribution in [0.2, 0.25) is 0 Å². The largest absolute Gasteiger partial charge is 0.371 e. The highest BCUT2D eigenvalue weighted by Crippen LogP contribution is 2.23. The third-order valence-electron chi connectivity index (χ3n) is 3.85. The molecule has 118 valence electrons. The molecule has 1 fully saturated rings. The van der Waals surface area contributed by atoms with E-state index in [-0.39, 0.29) is 11.3 Å². The van der Waals surface area contributed by atoms with Crippen molar-refractivity contribution in [2.24, 2.45) is 0 Å². The summed E-state index contributed by atoms with van der Waals surface area (Å²) in [4.78, 5) is 14.4. The summed E-state index contributed by atoms with van der Waals surface area (Å²) < 4.78 is 26.7. The van der Waals surface area contributed by atoms with Crippen LogP contribution in [0.5, 0.6) is 0 Å². The lowest BCUT2D eigenvalue weighted by Crippen LogP contribution is -2.31. The maximum absolute atomic E-state index is 12.2. The smallest absolute Gasteiger partial charge is 0.268 e. The van der Waals surface area contributed by atoms with Gasteiger partial charge in [-0.15, -0.1) is 0 Å². The van der Waals surface area contributed by atoms with E-state index in [1.807, 2.05) is 12.1 Å². The highest BCUT2D eigenvalue weighted by molar-refractivity contribution is 7.90. The van der Waals surface area contributed by atoms with Gasteiger partial charge in [0.05, 0.1) is 23.0 Å². The van der Waals surface area contributed by atoms with E-state index >= 15 is 0 Å². The van der Waals surface area contributed by atoms with Crippen LogP contribution in [0, 0.1) is 0 Å². The zero-order valence-electron chi connectivity index (χ0n) is 12.3. The second-order valence-electron chi connectivity index (χ2n) is 5.30. The Morgan fingerprint density at radius 3 is 2.77 bits per heavy atom. The van der Waals surface area contributed by atoms with Crippen LogP contribution < -0.4 is 9.62 Å². The molecule has 2 aromatic rings. The fourth-order valence-corrected chi connectivity index (χ4v) is 3.12. The SMILES string of the molecule is CCS(=O)(=O)NC(=O)c1cnn2ccc(N3CCCC3)cc12. The first-order valence-electron chi connectivity index (χ1n) is 7.27. The van der Waals surface area contributed by atoms with Gasteiger partial charge >= 0.3 is 0 Å². The highest BCUT2D eigenvalue weighted by atomic mass is 32.2. The molecule has 1 amide bonds. The normalized spacial score (nSPS) is 15.4. The molecule has 3 rings (SSSR count). The highest BCUT2D eigenvalue weighted by Gasteiger charge is 2.19. The van der Waals surface area contributed by atoms with E-state index in [1.165, 1.54) is 13.1 Å². The van der Waals surface area contributed by atoms with Crippen LogP contribution in [-0.4, -0.2) is 42.8 Å². The van der Waals surface area contributed by atoms with Gasteiger partial charge in [0.2, 0.25) is 10.0 Å². The Morgan fingerprint density at radius 1 is 1.36 bits per heavy atom. The minimum atomic E-state index is -3.59. The standard InChI is InChI=1S/C14H18N4O3S/c1-2-22(20,21)16-14(19)12-10-15-18-8-5-11(9-13(12)18)17-6-3-4-7-17/h5,8-10H,2-4,6-7H2,1H3,(H,16,19). The van der Waals surface area contributed by atoms with Crippen molar-refractivity contribution >= 4 is 27.1 Å². The number of hydrogen-bond donors (Lipinski definition) is 1. The van der Waals surface area contributed by atoms with Gasteiger partial charge in [-0.05, 0) is 31.9 Å². The van der Waals surface area contributed by atoms with Gasteiger partial charge < -0.3 is 4.90 Å². The average Bonchev–Trinajstić information content (AvgIpc) is 3.15. The predicted octanol–water partition coefficient (Wildman–Crippen LogP) is 1.01. The van der Waals surface area contributed by atoms with E-state index in [2.05, 4.69) is 14.7 Å². The molecule has 0 atom stereocenters. The number of amides is 1. The molecule has 0 unspecified atom stereocenters. The number of hydrogen-bond acceptors (Lipinski definition) is 5. The van der Waals surface area contributed by atoms with Gasteiger partial charge in [0.1, 0.15) is 0 Å². The molecule has 1 aliphatic heterocycles. The lowest BCUT2D eigenvalue weighted by atomic mass is 10.2. The van der Waals surface area contributed by atoms with Crippen molar-refractivity contribution in [2.75, 3.05) is 23.7 Å². The van der Waals surface area contributed by atoms with Gasteiger partial charge in [0.15, 0.2) is 0 Å². The number of carbonyl (C=O) groups is 1. The summed E-state index contributed by atoms with van der Waals surface area (Å²) >= 11 is 0. The monoisotopic (exact) mass is 322 g/mol. The summed E-state index contributed by atoms with van der Waals surface area (Å²) in [5.41, 5.74) is 1.89. The molecule has 0 radical (unpaired) electrons. The number of nitrogens with one attached hydrogen (secondary N) is 1. The third-order valence-corrected chi connectivity index (χ3v) is 5.11. The molecule has 0 spiro atoms. The fraction of sp³-hybridized carbons (Fsp3) is 0.429. The lowest BCUT2D eigenvalue weighted by Gasteiger charge is -2.17. The van der Waals surface area contributed by atoms with Gasteiger partial charge in [0.25, 0.3) is 5.91 Å². The molecule has 1 N–H and O–H groups in total. The van der Waals surface area contributed by atoms with Gasteiger partial charge in [-0.3, -0.25) is 4.79 Å². The molecule has 22 heavy (non-hydrogen) atoms. The quantitative estimate of drug-likeness (QED) is 0.908. The van der Waals surface area contributed by atoms with E-state index in [0.717, 1.165) is 31.6 Å². The van der Waals surface area contributed by atoms with E-state index in [1.54, 1.807) is 10.7 Å². The Morgan fingerprint density at radius 2 is 2.09 bits per heavy atom. The Labute approximate surface area is 129 Å². The molecule has 7 nitrogen and oxygen atoms in total. The van der Waals surface area contributed by atoms with Gasteiger partial charge in [-0.1, -0.05) is 0 Å². The maximum atomic E-state index is 12.2. The molecule has 2 aromatic heterocycles. The average molecular weight is 322 g/mol. The first-order valence-corrected chi connectivity index (χ1v) is 8.92. The van der Waals surface area contributed by atoms with Crippen LogP contribution in [0.3, 0.4) is 0 Å². The lowest BCUT2D eigenvalue weighted by molar-refractivity contribution is 0.0983. The summed E-state index contributed by atoms with van der Waals surface area (Å²) in [6, 6.07) is 3.83. The number of pyridine rings is 1. The summed E-state index contributed by atoms with van der Waals surface area (Å²) in [5.74, 6) is -0.785. The van der Waals surface area contributed by atoms with Crippen LogP contribution >= 0.6 is 0 Å². The number of rotatable bonds is 4. The first kappa shape index (κ1) is 14.8. The third kappa shape index (κ3) is 2.78. The molecule has 8 heteroatoms. The molecule has 0 saturated carbocycles. The number of anilines is 1. The van der Waals surface area contributed by atoms with Crippen molar-refractivity contribution in [3.63, 3.8) is 0 Å². The molecule has 1 saturated heterocycles. The van der Waals surface area contributed by atoms with Crippen LogP contribution in [0.4, 0.5) is 5.69 Å². The minimum absolute atomic E-state index is 0.142. The topological polar surface area (TPSA) is 83.8 Å². The van der Waals surface area contributed by atoms with E-state index < -0.39 is 15.9 Å². The second kappa shape index (κ2) is 5.60. The zero-order chi connectivity index (χ0) is 15.7. The van der Waals surface area contributed by atoms with Crippen molar-refractivity contribution in [3.8, 4) is 0 Å².